The van der Waals surface area contributed by atoms with Crippen molar-refractivity contribution in [2.24, 2.45) is 14.1 Å². The monoisotopic (exact) mass is 395 g/mol. The number of aryl methyl sites for hydroxylation is 1. The van der Waals surface area contributed by atoms with E-state index in [4.69, 9.17) is 0 Å². The first kappa shape index (κ1) is 19.2. The highest BCUT2D eigenvalue weighted by Crippen LogP contribution is 2.32. The summed E-state index contributed by atoms with van der Waals surface area (Å²) in [6, 6.07) is 10.6. The van der Waals surface area contributed by atoms with Gasteiger partial charge in [-0.1, -0.05) is 30.3 Å². The fourth-order valence-corrected chi connectivity index (χ4v) is 4.24. The van der Waals surface area contributed by atoms with Gasteiger partial charge < -0.3 is 9.88 Å². The molecule has 1 amide bonds. The second-order valence-corrected chi connectivity index (χ2v) is 7.78. The van der Waals surface area contributed by atoms with Crippen LogP contribution in [0.3, 0.4) is 0 Å². The van der Waals surface area contributed by atoms with Gasteiger partial charge in [0.05, 0.1) is 6.33 Å². The highest BCUT2D eigenvalue weighted by atomic mass is 16.2. The molecular weight excluding hydrogens is 370 g/mol. The number of nitrogens with zero attached hydrogens (tertiary/aromatic N) is 4. The molecule has 0 spiro atoms. The first-order valence-electron chi connectivity index (χ1n) is 9.91. The first-order valence-corrected chi connectivity index (χ1v) is 9.91. The second-order valence-electron chi connectivity index (χ2n) is 7.78. The third kappa shape index (κ3) is 3.62. The largest absolute Gasteiger partial charge is 0.352 e. The lowest BCUT2D eigenvalue weighted by atomic mass is 9.82. The summed E-state index contributed by atoms with van der Waals surface area (Å²) in [6.07, 6.45) is 5.41. The van der Waals surface area contributed by atoms with E-state index in [1.54, 1.807) is 7.05 Å². The van der Waals surface area contributed by atoms with Crippen LogP contribution in [0.2, 0.25) is 0 Å². The molecule has 3 aromatic rings. The molecule has 0 bridgehead atoms. The van der Waals surface area contributed by atoms with Crippen molar-refractivity contribution in [2.45, 2.75) is 44.2 Å². The Labute approximate surface area is 167 Å². The smallest absolute Gasteiger partial charge is 0.332 e. The number of fused-ring (bicyclic) bond motifs is 1. The molecule has 1 N–H and O–H groups in total. The molecule has 0 radical (unpaired) electrons. The molecule has 1 aliphatic carbocycles. The van der Waals surface area contributed by atoms with E-state index >= 15 is 0 Å². The minimum absolute atomic E-state index is 0.00254. The Morgan fingerprint density at radius 3 is 2.45 bits per heavy atom. The van der Waals surface area contributed by atoms with Gasteiger partial charge in [0.25, 0.3) is 5.56 Å². The summed E-state index contributed by atoms with van der Waals surface area (Å²) in [5.41, 5.74) is 1.03. The van der Waals surface area contributed by atoms with E-state index < -0.39 is 11.2 Å². The van der Waals surface area contributed by atoms with E-state index in [-0.39, 0.29) is 29.7 Å². The van der Waals surface area contributed by atoms with E-state index in [1.165, 1.54) is 28.1 Å². The zero-order valence-corrected chi connectivity index (χ0v) is 16.7. The molecule has 8 nitrogen and oxygen atoms in total. The number of nitrogens with one attached hydrogen (secondary N) is 1. The van der Waals surface area contributed by atoms with Gasteiger partial charge in [-0.3, -0.25) is 18.7 Å². The van der Waals surface area contributed by atoms with Crippen molar-refractivity contribution in [2.75, 3.05) is 0 Å². The molecule has 1 fully saturated rings. The number of aromatic nitrogens is 4. The van der Waals surface area contributed by atoms with E-state index in [0.717, 1.165) is 30.3 Å². The molecule has 0 saturated heterocycles. The zero-order valence-electron chi connectivity index (χ0n) is 16.7. The maximum atomic E-state index is 12.6. The van der Waals surface area contributed by atoms with Crippen molar-refractivity contribution in [3.05, 3.63) is 63.1 Å². The Morgan fingerprint density at radius 1 is 1.07 bits per heavy atom. The van der Waals surface area contributed by atoms with Crippen LogP contribution in [0.15, 0.2) is 46.2 Å². The van der Waals surface area contributed by atoms with Crippen LogP contribution in [0.25, 0.3) is 11.2 Å². The summed E-state index contributed by atoms with van der Waals surface area (Å²) in [5, 5.41) is 3.09. The molecule has 1 aliphatic rings. The third-order valence-corrected chi connectivity index (χ3v) is 5.89. The first-order chi connectivity index (χ1) is 14.0. The summed E-state index contributed by atoms with van der Waals surface area (Å²) in [6.45, 7) is 0.00254. The Morgan fingerprint density at radius 2 is 1.76 bits per heavy atom. The number of benzene rings is 1. The minimum Gasteiger partial charge on any atom is -0.352 e. The number of rotatable bonds is 4. The van der Waals surface area contributed by atoms with Crippen LogP contribution in [-0.4, -0.2) is 30.6 Å². The van der Waals surface area contributed by atoms with Gasteiger partial charge in [0.15, 0.2) is 11.2 Å². The number of amides is 1. The fourth-order valence-electron chi connectivity index (χ4n) is 4.24. The number of hydrogen-bond donors (Lipinski definition) is 1. The maximum Gasteiger partial charge on any atom is 0.332 e. The third-order valence-electron chi connectivity index (χ3n) is 5.89. The Bertz CT molecular complexity index is 1150. The van der Waals surface area contributed by atoms with E-state index in [2.05, 4.69) is 34.6 Å². The average molecular weight is 395 g/mol. The molecule has 29 heavy (non-hydrogen) atoms. The number of carbonyl (C=O) groups excluding carboxylic acids is 1. The van der Waals surface area contributed by atoms with Crippen molar-refractivity contribution in [1.82, 2.24) is 24.0 Å². The SMILES string of the molecule is Cn1c(=O)c2c(ncn2CC(=O)NC2CCC(c3ccccc3)CC2)n(C)c1=O. The number of imidazole rings is 1. The van der Waals surface area contributed by atoms with Crippen LogP contribution in [0, 0.1) is 0 Å². The van der Waals surface area contributed by atoms with Gasteiger partial charge in [-0.15, -0.1) is 0 Å². The summed E-state index contributed by atoms with van der Waals surface area (Å²) in [4.78, 5) is 41.2. The topological polar surface area (TPSA) is 90.9 Å². The summed E-state index contributed by atoms with van der Waals surface area (Å²) < 4.78 is 3.86. The fraction of sp³-hybridized carbons (Fsp3) is 0.429. The standard InChI is InChI=1S/C21H25N5O3/c1-24-19-18(20(28)25(2)21(24)29)26(13-22-19)12-17(27)23-16-10-8-15(9-11-16)14-6-4-3-5-7-14/h3-7,13,15-16H,8-12H2,1-2H3,(H,23,27). The predicted octanol–water partition coefficient (Wildman–Crippen LogP) is 1.28. The molecule has 0 aliphatic heterocycles. The van der Waals surface area contributed by atoms with Gasteiger partial charge in [0.2, 0.25) is 5.91 Å². The van der Waals surface area contributed by atoms with Crippen LogP contribution in [0.1, 0.15) is 37.2 Å². The summed E-state index contributed by atoms with van der Waals surface area (Å²) in [5.74, 6) is 0.398. The van der Waals surface area contributed by atoms with E-state index in [0.29, 0.717) is 5.92 Å². The van der Waals surface area contributed by atoms with Crippen molar-refractivity contribution < 1.29 is 4.79 Å². The van der Waals surface area contributed by atoms with Gasteiger partial charge >= 0.3 is 5.69 Å². The minimum atomic E-state index is -0.447. The number of carbonyl (C=O) groups is 1. The van der Waals surface area contributed by atoms with Gasteiger partial charge in [0, 0.05) is 20.1 Å². The van der Waals surface area contributed by atoms with Gasteiger partial charge in [-0.25, -0.2) is 9.78 Å². The van der Waals surface area contributed by atoms with Crippen LogP contribution < -0.4 is 16.6 Å². The van der Waals surface area contributed by atoms with Gasteiger partial charge in [-0.2, -0.15) is 0 Å². The molecule has 8 heteroatoms. The average Bonchev–Trinajstić information content (AvgIpc) is 3.15. The molecule has 0 atom stereocenters. The molecule has 1 aromatic carbocycles. The molecule has 4 rings (SSSR count). The van der Waals surface area contributed by atoms with Gasteiger partial charge in [0.1, 0.15) is 6.54 Å². The van der Waals surface area contributed by atoms with Crippen LogP contribution >= 0.6 is 0 Å². The lowest BCUT2D eigenvalue weighted by Gasteiger charge is -2.29. The lowest BCUT2D eigenvalue weighted by molar-refractivity contribution is -0.122. The molecule has 1 saturated carbocycles. The Balaban J connectivity index is 1.42. The Hall–Kier alpha value is -3.16. The van der Waals surface area contributed by atoms with Crippen LogP contribution in [0.4, 0.5) is 0 Å². The summed E-state index contributed by atoms with van der Waals surface area (Å²) >= 11 is 0. The van der Waals surface area contributed by atoms with Crippen molar-refractivity contribution in [3.63, 3.8) is 0 Å². The van der Waals surface area contributed by atoms with E-state index in [9.17, 15) is 14.4 Å². The van der Waals surface area contributed by atoms with Crippen molar-refractivity contribution in [3.8, 4) is 0 Å². The number of hydrogen-bond acceptors (Lipinski definition) is 4. The van der Waals surface area contributed by atoms with Crippen LogP contribution in [0.5, 0.6) is 0 Å². The highest BCUT2D eigenvalue weighted by Gasteiger charge is 2.24. The molecule has 0 unspecified atom stereocenters. The quantitative estimate of drug-likeness (QED) is 0.720. The highest BCUT2D eigenvalue weighted by molar-refractivity contribution is 5.79. The molecular formula is C21H25N5O3. The summed E-state index contributed by atoms with van der Waals surface area (Å²) in [7, 11) is 2.99. The Kier molecular flexibility index (Phi) is 5.08. The molecule has 2 aromatic heterocycles. The maximum absolute atomic E-state index is 12.6. The van der Waals surface area contributed by atoms with Crippen LogP contribution in [-0.2, 0) is 25.4 Å². The van der Waals surface area contributed by atoms with Crippen molar-refractivity contribution >= 4 is 17.1 Å². The van der Waals surface area contributed by atoms with Crippen molar-refractivity contribution in [1.29, 1.82) is 0 Å². The molecule has 152 valence electrons. The lowest BCUT2D eigenvalue weighted by Crippen LogP contribution is -2.40. The normalized spacial score (nSPS) is 19.4. The van der Waals surface area contributed by atoms with Gasteiger partial charge in [-0.05, 0) is 37.2 Å². The molecule has 2 heterocycles. The zero-order chi connectivity index (χ0) is 20.5. The predicted molar refractivity (Wildman–Crippen MR) is 110 cm³/mol. The van der Waals surface area contributed by atoms with E-state index in [1.807, 2.05) is 6.07 Å². The second kappa shape index (κ2) is 7.69.